The second-order valence-corrected chi connectivity index (χ2v) is 6.99. The molecule has 6 nitrogen and oxygen atoms in total. The number of nitriles is 2. The first-order chi connectivity index (χ1) is 13.5. The summed E-state index contributed by atoms with van der Waals surface area (Å²) >= 11 is 0. The van der Waals surface area contributed by atoms with Crippen molar-refractivity contribution in [3.05, 3.63) is 46.6 Å². The molecule has 6 heteroatoms. The summed E-state index contributed by atoms with van der Waals surface area (Å²) in [5, 5.41) is 18.6. The minimum Gasteiger partial charge on any atom is -0.480 e. The van der Waals surface area contributed by atoms with Gasteiger partial charge < -0.3 is 9.64 Å². The Balaban J connectivity index is 1.91. The topological polar surface area (TPSA) is 90.0 Å². The van der Waals surface area contributed by atoms with Crippen molar-refractivity contribution >= 4 is 5.91 Å². The van der Waals surface area contributed by atoms with Gasteiger partial charge in [-0.2, -0.15) is 10.5 Å². The van der Waals surface area contributed by atoms with Crippen molar-refractivity contribution in [1.82, 2.24) is 9.88 Å². The number of methoxy groups -OCH3 is 1. The Labute approximate surface area is 165 Å². The van der Waals surface area contributed by atoms with Crippen LogP contribution in [0.5, 0.6) is 5.88 Å². The number of ether oxygens (including phenoxy) is 1. The molecule has 2 aromatic rings. The van der Waals surface area contributed by atoms with Gasteiger partial charge in [0, 0.05) is 29.9 Å². The third-order valence-corrected chi connectivity index (χ3v) is 5.21. The zero-order chi connectivity index (χ0) is 20.3. The number of amides is 1. The second-order valence-electron chi connectivity index (χ2n) is 6.99. The third-order valence-electron chi connectivity index (χ3n) is 5.21. The van der Waals surface area contributed by atoms with Crippen molar-refractivity contribution in [3.63, 3.8) is 0 Å². The number of carbonyl (C=O) groups is 1. The van der Waals surface area contributed by atoms with Gasteiger partial charge in [0.15, 0.2) is 0 Å². The average molecular weight is 374 g/mol. The van der Waals surface area contributed by atoms with Crippen LogP contribution in [0.15, 0.2) is 24.3 Å². The van der Waals surface area contributed by atoms with Crippen LogP contribution in [-0.2, 0) is 0 Å². The highest BCUT2D eigenvalue weighted by atomic mass is 16.5. The van der Waals surface area contributed by atoms with Gasteiger partial charge in [-0.25, -0.2) is 4.98 Å². The lowest BCUT2D eigenvalue weighted by atomic mass is 9.95. The first kappa shape index (κ1) is 19.4. The summed E-state index contributed by atoms with van der Waals surface area (Å²) in [7, 11) is 1.50. The van der Waals surface area contributed by atoms with Crippen molar-refractivity contribution in [2.24, 2.45) is 5.92 Å². The molecule has 3 rings (SSSR count). The Morgan fingerprint density at radius 2 is 1.96 bits per heavy atom. The minimum atomic E-state index is -0.0861. The van der Waals surface area contributed by atoms with Crippen molar-refractivity contribution in [3.8, 4) is 29.1 Å². The Kier molecular flexibility index (Phi) is 5.61. The number of aromatic nitrogens is 1. The zero-order valence-electron chi connectivity index (χ0n) is 16.3. The van der Waals surface area contributed by atoms with Crippen LogP contribution < -0.4 is 4.74 Å². The molecule has 0 saturated carbocycles. The summed E-state index contributed by atoms with van der Waals surface area (Å²) in [6, 6.07) is 11.8. The molecule has 0 radical (unpaired) electrons. The molecule has 1 saturated heterocycles. The van der Waals surface area contributed by atoms with Crippen LogP contribution >= 0.6 is 0 Å². The molecule has 28 heavy (non-hydrogen) atoms. The van der Waals surface area contributed by atoms with Gasteiger partial charge in [-0.1, -0.05) is 12.1 Å². The van der Waals surface area contributed by atoms with E-state index >= 15 is 0 Å². The lowest BCUT2D eigenvalue weighted by molar-refractivity contribution is 0.0699. The van der Waals surface area contributed by atoms with Crippen molar-refractivity contribution in [1.29, 1.82) is 10.5 Å². The Bertz CT molecular complexity index is 984. The maximum atomic E-state index is 12.8. The summed E-state index contributed by atoms with van der Waals surface area (Å²) in [5.41, 5.74) is 4.35. The molecule has 1 aromatic heterocycles. The van der Waals surface area contributed by atoms with Gasteiger partial charge >= 0.3 is 0 Å². The van der Waals surface area contributed by atoms with E-state index in [2.05, 4.69) is 17.1 Å². The quantitative estimate of drug-likeness (QED) is 0.818. The number of nitrogens with zero attached hydrogens (tertiary/aromatic N) is 4. The molecule has 2 heterocycles. The predicted octanol–water partition coefficient (Wildman–Crippen LogP) is 3.62. The first-order valence-corrected chi connectivity index (χ1v) is 9.24. The van der Waals surface area contributed by atoms with Crippen LogP contribution in [0.25, 0.3) is 11.1 Å². The Hall–Kier alpha value is -3.38. The van der Waals surface area contributed by atoms with Gasteiger partial charge in [0.1, 0.15) is 11.6 Å². The van der Waals surface area contributed by atoms with Gasteiger partial charge in [-0.05, 0) is 49.9 Å². The molecule has 1 aromatic carbocycles. The molecule has 142 valence electrons. The molecule has 0 bridgehead atoms. The number of rotatable bonds is 3. The largest absolute Gasteiger partial charge is 0.480 e. The summed E-state index contributed by atoms with van der Waals surface area (Å²) in [4.78, 5) is 18.9. The van der Waals surface area contributed by atoms with Crippen LogP contribution in [0, 0.1) is 42.4 Å². The van der Waals surface area contributed by atoms with Gasteiger partial charge in [-0.3, -0.25) is 4.79 Å². The van der Waals surface area contributed by atoms with E-state index in [0.29, 0.717) is 30.1 Å². The lowest BCUT2D eigenvalue weighted by Crippen LogP contribution is -2.39. The number of pyridine rings is 1. The molecular formula is C22H22N4O2. The number of aryl methyl sites for hydroxylation is 1. The van der Waals surface area contributed by atoms with E-state index in [1.807, 2.05) is 26.0 Å². The number of hydrogen-bond acceptors (Lipinski definition) is 5. The normalized spacial score (nSPS) is 16.2. The van der Waals surface area contributed by atoms with E-state index in [1.165, 1.54) is 7.11 Å². The van der Waals surface area contributed by atoms with Crippen LogP contribution in [0.1, 0.15) is 40.0 Å². The van der Waals surface area contributed by atoms with Crippen molar-refractivity contribution < 1.29 is 9.53 Å². The molecule has 1 amide bonds. The summed E-state index contributed by atoms with van der Waals surface area (Å²) in [5.74, 6) is 0.188. The van der Waals surface area contributed by atoms with Crippen LogP contribution in [0.2, 0.25) is 0 Å². The van der Waals surface area contributed by atoms with E-state index in [9.17, 15) is 10.1 Å². The fraction of sp³-hybridized carbons (Fsp3) is 0.364. The SMILES string of the molecule is COc1nc(C)c(-c2ccc(C(=O)N3CCC[C@H](C#N)C3)cc2)c(C)c1C#N. The fourth-order valence-electron chi connectivity index (χ4n) is 3.75. The van der Waals surface area contributed by atoms with Crippen molar-refractivity contribution in [2.45, 2.75) is 26.7 Å². The number of carbonyl (C=O) groups excluding carboxylic acids is 1. The number of piperidine rings is 1. The minimum absolute atomic E-state index is 0.0505. The predicted molar refractivity (Wildman–Crippen MR) is 105 cm³/mol. The molecule has 0 N–H and O–H groups in total. The molecule has 0 aliphatic carbocycles. The lowest BCUT2D eigenvalue weighted by Gasteiger charge is -2.29. The maximum absolute atomic E-state index is 12.8. The highest BCUT2D eigenvalue weighted by Gasteiger charge is 2.24. The monoisotopic (exact) mass is 374 g/mol. The average Bonchev–Trinajstić information content (AvgIpc) is 2.73. The molecule has 0 unspecified atom stereocenters. The van der Waals surface area contributed by atoms with Gasteiger partial charge in [-0.15, -0.1) is 0 Å². The van der Waals surface area contributed by atoms with Crippen LogP contribution in [-0.4, -0.2) is 36.0 Å². The van der Waals surface area contributed by atoms with E-state index in [4.69, 9.17) is 10.00 Å². The third kappa shape index (κ3) is 3.54. The summed E-state index contributed by atoms with van der Waals surface area (Å²) in [6.07, 6.45) is 1.71. The van der Waals surface area contributed by atoms with E-state index in [1.54, 1.807) is 17.0 Å². The summed E-state index contributed by atoms with van der Waals surface area (Å²) < 4.78 is 5.22. The molecule has 0 spiro atoms. The summed E-state index contributed by atoms with van der Waals surface area (Å²) in [6.45, 7) is 4.93. The Morgan fingerprint density at radius 3 is 2.57 bits per heavy atom. The zero-order valence-corrected chi connectivity index (χ0v) is 16.3. The van der Waals surface area contributed by atoms with Crippen LogP contribution in [0.3, 0.4) is 0 Å². The van der Waals surface area contributed by atoms with E-state index in [-0.39, 0.29) is 11.8 Å². The molecule has 1 aliphatic heterocycles. The standard InChI is InChI=1S/C22H22N4O2/c1-14-19(12-24)21(28-3)25-15(2)20(14)17-6-8-18(9-7-17)22(27)26-10-4-5-16(11-23)13-26/h6-9,16H,4-5,10,13H2,1-3H3/t16-/m1/s1. The van der Waals surface area contributed by atoms with E-state index in [0.717, 1.165) is 35.2 Å². The number of likely N-dealkylation sites (tertiary alicyclic amines) is 1. The molecular weight excluding hydrogens is 352 g/mol. The first-order valence-electron chi connectivity index (χ1n) is 9.24. The fourth-order valence-corrected chi connectivity index (χ4v) is 3.75. The van der Waals surface area contributed by atoms with Gasteiger partial charge in [0.2, 0.25) is 5.88 Å². The number of hydrogen-bond donors (Lipinski definition) is 0. The maximum Gasteiger partial charge on any atom is 0.253 e. The Morgan fingerprint density at radius 1 is 1.25 bits per heavy atom. The number of benzene rings is 1. The van der Waals surface area contributed by atoms with Crippen LogP contribution in [0.4, 0.5) is 0 Å². The highest BCUT2D eigenvalue weighted by molar-refractivity contribution is 5.95. The van der Waals surface area contributed by atoms with Crippen molar-refractivity contribution in [2.75, 3.05) is 20.2 Å². The van der Waals surface area contributed by atoms with Gasteiger partial charge in [0.25, 0.3) is 5.91 Å². The van der Waals surface area contributed by atoms with E-state index < -0.39 is 0 Å². The molecule has 1 aliphatic rings. The highest BCUT2D eigenvalue weighted by Crippen LogP contribution is 2.32. The molecule has 1 fully saturated rings. The second kappa shape index (κ2) is 8.10. The van der Waals surface area contributed by atoms with Gasteiger partial charge in [0.05, 0.1) is 19.1 Å². The molecule has 1 atom stereocenters. The smallest absolute Gasteiger partial charge is 0.253 e.